The summed E-state index contributed by atoms with van der Waals surface area (Å²) in [5, 5.41) is 9.74. The number of sulfonamides is 1. The number of hydrogen-bond acceptors (Lipinski definition) is 4. The smallest absolute Gasteiger partial charge is 0.241 e. The van der Waals surface area contributed by atoms with Gasteiger partial charge in [-0.25, -0.2) is 13.1 Å². The van der Waals surface area contributed by atoms with Crippen molar-refractivity contribution >= 4 is 21.8 Å². The van der Waals surface area contributed by atoms with Gasteiger partial charge in [0.2, 0.25) is 10.0 Å². The molecule has 0 bridgehead atoms. The maximum absolute atomic E-state index is 11.9. The molecule has 19 heavy (non-hydrogen) atoms. The molecule has 4 nitrogen and oxygen atoms in total. The minimum atomic E-state index is -3.51. The van der Waals surface area contributed by atoms with E-state index in [-0.39, 0.29) is 10.6 Å². The molecule has 0 saturated heterocycles. The van der Waals surface area contributed by atoms with Gasteiger partial charge in [-0.15, -0.1) is 0 Å². The van der Waals surface area contributed by atoms with Crippen LogP contribution in [0.3, 0.4) is 0 Å². The van der Waals surface area contributed by atoms with Crippen LogP contribution in [0.25, 0.3) is 0 Å². The highest BCUT2D eigenvalue weighted by atomic mass is 32.2. The van der Waals surface area contributed by atoms with Gasteiger partial charge in [-0.2, -0.15) is 0 Å². The molecule has 0 spiro atoms. The minimum Gasteiger partial charge on any atom is -0.507 e. The van der Waals surface area contributed by atoms with E-state index < -0.39 is 10.0 Å². The summed E-state index contributed by atoms with van der Waals surface area (Å²) in [5.74, 6) is 0.129. The zero-order valence-corrected chi connectivity index (χ0v) is 11.8. The first-order valence-corrected chi connectivity index (χ1v) is 7.83. The Morgan fingerprint density at radius 3 is 2.21 bits per heavy atom. The van der Waals surface area contributed by atoms with Crippen molar-refractivity contribution in [3.05, 3.63) is 48.5 Å². The standard InChI is InChI=1S/C13H13NO3S2/c1-14-19(16,17)13-9-5-4-8-12(13)18-11-7-3-2-6-10(11)15/h2-9,14-15H,1H3. The molecule has 100 valence electrons. The summed E-state index contributed by atoms with van der Waals surface area (Å²) in [5.41, 5.74) is 0. The normalized spacial score (nSPS) is 11.4. The fraction of sp³-hybridized carbons (Fsp3) is 0.0769. The predicted molar refractivity (Wildman–Crippen MR) is 74.9 cm³/mol. The number of rotatable bonds is 4. The summed E-state index contributed by atoms with van der Waals surface area (Å²) in [6, 6.07) is 13.5. The van der Waals surface area contributed by atoms with E-state index in [2.05, 4.69) is 4.72 Å². The highest BCUT2D eigenvalue weighted by Gasteiger charge is 2.17. The largest absolute Gasteiger partial charge is 0.507 e. The molecule has 0 aliphatic rings. The van der Waals surface area contributed by atoms with Gasteiger partial charge >= 0.3 is 0 Å². The maximum Gasteiger partial charge on any atom is 0.241 e. The van der Waals surface area contributed by atoms with E-state index in [1.54, 1.807) is 42.5 Å². The summed E-state index contributed by atoms with van der Waals surface area (Å²) in [4.78, 5) is 1.38. The van der Waals surface area contributed by atoms with Gasteiger partial charge in [0.15, 0.2) is 0 Å². The van der Waals surface area contributed by atoms with Crippen molar-refractivity contribution in [2.75, 3.05) is 7.05 Å². The monoisotopic (exact) mass is 295 g/mol. The Kier molecular flexibility index (Phi) is 4.14. The summed E-state index contributed by atoms with van der Waals surface area (Å²) in [6.45, 7) is 0. The quantitative estimate of drug-likeness (QED) is 0.909. The molecule has 2 N–H and O–H groups in total. The topological polar surface area (TPSA) is 66.4 Å². The third-order valence-electron chi connectivity index (χ3n) is 2.49. The second-order valence-electron chi connectivity index (χ2n) is 3.72. The Balaban J connectivity index is 2.45. The first-order chi connectivity index (χ1) is 9.04. The minimum absolute atomic E-state index is 0.129. The van der Waals surface area contributed by atoms with Crippen LogP contribution in [0.15, 0.2) is 63.2 Å². The summed E-state index contributed by atoms with van der Waals surface area (Å²) < 4.78 is 26.1. The van der Waals surface area contributed by atoms with Crippen LogP contribution in [0.1, 0.15) is 0 Å². The van der Waals surface area contributed by atoms with E-state index in [1.165, 1.54) is 24.9 Å². The van der Waals surface area contributed by atoms with Gasteiger partial charge in [0.25, 0.3) is 0 Å². The first-order valence-electron chi connectivity index (χ1n) is 5.53. The van der Waals surface area contributed by atoms with Crippen molar-refractivity contribution in [2.45, 2.75) is 14.7 Å². The number of nitrogens with one attached hydrogen (secondary N) is 1. The van der Waals surface area contributed by atoms with Crippen LogP contribution in [0.5, 0.6) is 5.75 Å². The van der Waals surface area contributed by atoms with Crippen molar-refractivity contribution < 1.29 is 13.5 Å². The molecule has 2 aromatic rings. The zero-order chi connectivity index (χ0) is 13.9. The second kappa shape index (κ2) is 5.64. The maximum atomic E-state index is 11.9. The molecule has 0 heterocycles. The second-order valence-corrected chi connectivity index (χ2v) is 6.66. The highest BCUT2D eigenvalue weighted by molar-refractivity contribution is 8.00. The predicted octanol–water partition coefficient (Wildman–Crippen LogP) is 2.45. The van der Waals surface area contributed by atoms with E-state index in [4.69, 9.17) is 0 Å². The van der Waals surface area contributed by atoms with Crippen LogP contribution in [-0.4, -0.2) is 20.6 Å². The van der Waals surface area contributed by atoms with Crippen LogP contribution in [0.4, 0.5) is 0 Å². The number of para-hydroxylation sites is 1. The number of phenols is 1. The Morgan fingerprint density at radius 2 is 1.58 bits per heavy atom. The molecule has 0 fully saturated rings. The molecule has 0 aliphatic carbocycles. The number of aromatic hydroxyl groups is 1. The average molecular weight is 295 g/mol. The van der Waals surface area contributed by atoms with Crippen LogP contribution in [0, 0.1) is 0 Å². The van der Waals surface area contributed by atoms with E-state index in [1.807, 2.05) is 0 Å². The molecular weight excluding hydrogens is 282 g/mol. The van der Waals surface area contributed by atoms with Gasteiger partial charge in [0.1, 0.15) is 5.75 Å². The number of hydrogen-bond donors (Lipinski definition) is 2. The van der Waals surface area contributed by atoms with Gasteiger partial charge in [0, 0.05) is 4.90 Å². The van der Waals surface area contributed by atoms with Crippen molar-refractivity contribution in [1.82, 2.24) is 4.72 Å². The fourth-order valence-corrected chi connectivity index (χ4v) is 3.66. The Hall–Kier alpha value is -1.50. The molecule has 2 rings (SSSR count). The Morgan fingerprint density at radius 1 is 1.00 bits per heavy atom. The lowest BCUT2D eigenvalue weighted by molar-refractivity contribution is 0.462. The molecule has 0 unspecified atom stereocenters. The van der Waals surface area contributed by atoms with Gasteiger partial charge in [-0.3, -0.25) is 0 Å². The van der Waals surface area contributed by atoms with Crippen LogP contribution >= 0.6 is 11.8 Å². The Bertz CT molecular complexity index is 684. The first kappa shape index (κ1) is 13.9. The van der Waals surface area contributed by atoms with E-state index in [9.17, 15) is 13.5 Å². The number of phenolic OH excluding ortho intramolecular Hbond substituents is 1. The lowest BCUT2D eigenvalue weighted by Crippen LogP contribution is -2.19. The SMILES string of the molecule is CNS(=O)(=O)c1ccccc1Sc1ccccc1O. The third-order valence-corrected chi connectivity index (χ3v) is 5.24. The van der Waals surface area contributed by atoms with Crippen molar-refractivity contribution in [1.29, 1.82) is 0 Å². The van der Waals surface area contributed by atoms with E-state index in [0.717, 1.165) is 0 Å². The van der Waals surface area contributed by atoms with E-state index >= 15 is 0 Å². The third kappa shape index (κ3) is 3.09. The molecule has 0 aliphatic heterocycles. The zero-order valence-electron chi connectivity index (χ0n) is 10.2. The summed E-state index contributed by atoms with van der Waals surface area (Å²) in [6.07, 6.45) is 0. The molecule has 2 aromatic carbocycles. The van der Waals surface area contributed by atoms with Crippen LogP contribution in [-0.2, 0) is 10.0 Å². The molecule has 0 radical (unpaired) electrons. The average Bonchev–Trinajstić information content (AvgIpc) is 2.42. The fourth-order valence-electron chi connectivity index (χ4n) is 1.53. The molecule has 0 aromatic heterocycles. The van der Waals surface area contributed by atoms with E-state index in [0.29, 0.717) is 9.79 Å². The molecule has 0 amide bonds. The van der Waals surface area contributed by atoms with Crippen LogP contribution < -0.4 is 4.72 Å². The van der Waals surface area contributed by atoms with Crippen molar-refractivity contribution in [2.24, 2.45) is 0 Å². The van der Waals surface area contributed by atoms with Gasteiger partial charge in [-0.1, -0.05) is 36.0 Å². The molecule has 0 atom stereocenters. The van der Waals surface area contributed by atoms with Crippen molar-refractivity contribution in [3.63, 3.8) is 0 Å². The summed E-state index contributed by atoms with van der Waals surface area (Å²) in [7, 11) is -2.14. The highest BCUT2D eigenvalue weighted by Crippen LogP contribution is 2.36. The van der Waals surface area contributed by atoms with Crippen LogP contribution in [0.2, 0.25) is 0 Å². The molecule has 6 heteroatoms. The number of benzene rings is 2. The Labute approximate surface area is 116 Å². The lowest BCUT2D eigenvalue weighted by Gasteiger charge is -2.09. The molecular formula is C13H13NO3S2. The lowest BCUT2D eigenvalue weighted by atomic mass is 10.3. The van der Waals surface area contributed by atoms with Gasteiger partial charge in [0.05, 0.1) is 9.79 Å². The van der Waals surface area contributed by atoms with Gasteiger partial charge < -0.3 is 5.11 Å². The summed E-state index contributed by atoms with van der Waals surface area (Å²) >= 11 is 1.21. The van der Waals surface area contributed by atoms with Gasteiger partial charge in [-0.05, 0) is 31.3 Å². The molecule has 0 saturated carbocycles. The van der Waals surface area contributed by atoms with Crippen molar-refractivity contribution in [3.8, 4) is 5.75 Å².